The second-order valence-corrected chi connectivity index (χ2v) is 6.75. The summed E-state index contributed by atoms with van der Waals surface area (Å²) in [5.74, 6) is 1.69. The second-order valence-electron chi connectivity index (χ2n) is 6.75. The van der Waals surface area contributed by atoms with Crippen molar-refractivity contribution in [2.75, 3.05) is 38.3 Å². The monoisotopic (exact) mass is 355 g/mol. The zero-order chi connectivity index (χ0) is 17.6. The fourth-order valence-corrected chi connectivity index (χ4v) is 3.46. The van der Waals surface area contributed by atoms with Crippen molar-refractivity contribution in [2.45, 2.75) is 31.5 Å². The number of nitrogens with one attached hydrogen (secondary N) is 1. The van der Waals surface area contributed by atoms with Gasteiger partial charge in [0.15, 0.2) is 0 Å². The predicted octanol–water partition coefficient (Wildman–Crippen LogP) is 2.04. The Bertz CT molecular complexity index is 693. The van der Waals surface area contributed by atoms with Gasteiger partial charge in [0.1, 0.15) is 11.6 Å². The van der Waals surface area contributed by atoms with Crippen LogP contribution in [-0.2, 0) is 16.0 Å². The van der Waals surface area contributed by atoms with Crippen LogP contribution in [0.4, 0.5) is 5.82 Å². The number of nitrogens with zero attached hydrogens (tertiary/aromatic N) is 4. The molecule has 0 bridgehead atoms. The molecule has 0 unspecified atom stereocenters. The van der Waals surface area contributed by atoms with E-state index in [1.807, 2.05) is 24.5 Å². The molecule has 1 atom stereocenters. The lowest BCUT2D eigenvalue weighted by molar-refractivity contribution is -0.0159. The van der Waals surface area contributed by atoms with Crippen molar-refractivity contribution in [1.82, 2.24) is 19.9 Å². The quantitative estimate of drug-likeness (QED) is 0.880. The van der Waals surface area contributed by atoms with Crippen LogP contribution < -0.4 is 5.32 Å². The van der Waals surface area contributed by atoms with Crippen molar-refractivity contribution >= 4 is 5.82 Å². The van der Waals surface area contributed by atoms with Crippen molar-refractivity contribution in [3.63, 3.8) is 0 Å². The van der Waals surface area contributed by atoms with Gasteiger partial charge in [0.05, 0.1) is 19.3 Å². The van der Waals surface area contributed by atoms with Crippen LogP contribution in [0.3, 0.4) is 0 Å². The molecule has 4 rings (SSSR count). The van der Waals surface area contributed by atoms with Crippen LogP contribution in [0.5, 0.6) is 0 Å². The Kier molecular flexibility index (Phi) is 5.68. The van der Waals surface area contributed by atoms with Gasteiger partial charge in [-0.2, -0.15) is 0 Å². The third-order valence-electron chi connectivity index (χ3n) is 4.89. The van der Waals surface area contributed by atoms with Crippen LogP contribution in [0.25, 0.3) is 0 Å². The highest BCUT2D eigenvalue weighted by Crippen LogP contribution is 2.24. The molecule has 138 valence electrons. The Morgan fingerprint density at radius 2 is 2.04 bits per heavy atom. The number of anilines is 1. The zero-order valence-electron chi connectivity index (χ0n) is 14.9. The SMILES string of the molecule is c1cncc(CN2CCOC[C@@H]2c2nccc(NC3CCOCC3)n2)c1. The maximum atomic E-state index is 5.72. The molecule has 0 radical (unpaired) electrons. The van der Waals surface area contributed by atoms with Crippen LogP contribution >= 0.6 is 0 Å². The number of morpholine rings is 1. The smallest absolute Gasteiger partial charge is 0.150 e. The van der Waals surface area contributed by atoms with E-state index < -0.39 is 0 Å². The zero-order valence-corrected chi connectivity index (χ0v) is 14.9. The Morgan fingerprint density at radius 1 is 1.12 bits per heavy atom. The van der Waals surface area contributed by atoms with E-state index in [4.69, 9.17) is 14.5 Å². The van der Waals surface area contributed by atoms with E-state index in [0.29, 0.717) is 12.6 Å². The minimum absolute atomic E-state index is 0.0559. The van der Waals surface area contributed by atoms with Crippen LogP contribution in [0.15, 0.2) is 36.8 Å². The van der Waals surface area contributed by atoms with E-state index in [9.17, 15) is 0 Å². The van der Waals surface area contributed by atoms with Gasteiger partial charge in [-0.25, -0.2) is 9.97 Å². The molecule has 2 aromatic heterocycles. The molecule has 0 saturated carbocycles. The molecule has 0 amide bonds. The van der Waals surface area contributed by atoms with Gasteiger partial charge in [0, 0.05) is 50.9 Å². The van der Waals surface area contributed by atoms with Crippen molar-refractivity contribution in [1.29, 1.82) is 0 Å². The molecule has 7 heteroatoms. The van der Waals surface area contributed by atoms with E-state index in [1.165, 1.54) is 5.56 Å². The van der Waals surface area contributed by atoms with E-state index in [1.54, 1.807) is 6.20 Å². The van der Waals surface area contributed by atoms with Gasteiger partial charge in [-0.1, -0.05) is 6.07 Å². The molecule has 4 heterocycles. The maximum Gasteiger partial charge on any atom is 0.150 e. The van der Waals surface area contributed by atoms with E-state index in [2.05, 4.69) is 26.3 Å². The van der Waals surface area contributed by atoms with Crippen molar-refractivity contribution in [2.24, 2.45) is 0 Å². The largest absolute Gasteiger partial charge is 0.381 e. The van der Waals surface area contributed by atoms with Gasteiger partial charge in [0.25, 0.3) is 0 Å². The number of hydrogen-bond donors (Lipinski definition) is 1. The first-order valence-electron chi connectivity index (χ1n) is 9.26. The fourth-order valence-electron chi connectivity index (χ4n) is 3.46. The highest BCUT2D eigenvalue weighted by molar-refractivity contribution is 5.35. The first-order valence-corrected chi connectivity index (χ1v) is 9.26. The molecule has 1 N–H and O–H groups in total. The summed E-state index contributed by atoms with van der Waals surface area (Å²) >= 11 is 0. The maximum absolute atomic E-state index is 5.72. The van der Waals surface area contributed by atoms with Gasteiger partial charge in [0.2, 0.25) is 0 Å². The average Bonchev–Trinajstić information content (AvgIpc) is 2.70. The van der Waals surface area contributed by atoms with Gasteiger partial charge in [-0.3, -0.25) is 9.88 Å². The molecule has 2 aliphatic rings. The number of aromatic nitrogens is 3. The number of pyridine rings is 1. The lowest BCUT2D eigenvalue weighted by atomic mass is 10.1. The summed E-state index contributed by atoms with van der Waals surface area (Å²) in [6.45, 7) is 4.65. The van der Waals surface area contributed by atoms with Crippen LogP contribution in [-0.4, -0.2) is 58.9 Å². The van der Waals surface area contributed by atoms with Crippen LogP contribution in [0.1, 0.15) is 30.3 Å². The molecular weight excluding hydrogens is 330 g/mol. The highest BCUT2D eigenvalue weighted by atomic mass is 16.5. The van der Waals surface area contributed by atoms with Gasteiger partial charge < -0.3 is 14.8 Å². The van der Waals surface area contributed by atoms with Crippen molar-refractivity contribution in [3.8, 4) is 0 Å². The summed E-state index contributed by atoms with van der Waals surface area (Å²) in [4.78, 5) is 15.9. The first-order chi connectivity index (χ1) is 12.9. The van der Waals surface area contributed by atoms with Crippen LogP contribution in [0, 0.1) is 0 Å². The number of rotatable bonds is 5. The minimum atomic E-state index is 0.0559. The van der Waals surface area contributed by atoms with E-state index >= 15 is 0 Å². The standard InChI is InChI=1S/C19H25N5O2/c1-2-15(12-20-6-1)13-24-8-11-26-14-17(24)19-21-7-3-18(23-19)22-16-4-9-25-10-5-16/h1-3,6-7,12,16-17H,4-5,8-11,13-14H2,(H,21,22,23)/t17-/m1/s1. The molecule has 2 aromatic rings. The molecule has 7 nitrogen and oxygen atoms in total. The number of ether oxygens (including phenoxy) is 2. The minimum Gasteiger partial charge on any atom is -0.381 e. The molecule has 0 spiro atoms. The summed E-state index contributed by atoms with van der Waals surface area (Å²) in [6.07, 6.45) is 7.57. The van der Waals surface area contributed by atoms with Gasteiger partial charge in [-0.05, 0) is 30.5 Å². The first kappa shape index (κ1) is 17.3. The average molecular weight is 355 g/mol. The lowest BCUT2D eigenvalue weighted by Crippen LogP contribution is -2.40. The summed E-state index contributed by atoms with van der Waals surface area (Å²) in [5, 5.41) is 3.52. The van der Waals surface area contributed by atoms with Gasteiger partial charge in [-0.15, -0.1) is 0 Å². The molecule has 2 aliphatic heterocycles. The van der Waals surface area contributed by atoms with Crippen molar-refractivity contribution < 1.29 is 9.47 Å². The molecule has 2 saturated heterocycles. The van der Waals surface area contributed by atoms with E-state index in [-0.39, 0.29) is 6.04 Å². The van der Waals surface area contributed by atoms with Gasteiger partial charge >= 0.3 is 0 Å². The lowest BCUT2D eigenvalue weighted by Gasteiger charge is -2.34. The van der Waals surface area contributed by atoms with E-state index in [0.717, 1.165) is 57.4 Å². The Morgan fingerprint density at radius 3 is 2.88 bits per heavy atom. The Labute approximate surface area is 153 Å². The third kappa shape index (κ3) is 4.35. The molecule has 26 heavy (non-hydrogen) atoms. The summed E-state index contributed by atoms with van der Waals surface area (Å²) < 4.78 is 11.1. The van der Waals surface area contributed by atoms with Crippen molar-refractivity contribution in [3.05, 3.63) is 48.2 Å². The highest BCUT2D eigenvalue weighted by Gasteiger charge is 2.27. The normalized spacial score (nSPS) is 22.2. The third-order valence-corrected chi connectivity index (χ3v) is 4.89. The number of hydrogen-bond acceptors (Lipinski definition) is 7. The molecule has 0 aromatic carbocycles. The summed E-state index contributed by atoms with van der Waals surface area (Å²) in [6, 6.07) is 6.48. The summed E-state index contributed by atoms with van der Waals surface area (Å²) in [5.41, 5.74) is 1.19. The van der Waals surface area contributed by atoms with Crippen LogP contribution in [0.2, 0.25) is 0 Å². The molecule has 2 fully saturated rings. The molecule has 0 aliphatic carbocycles. The Hall–Kier alpha value is -2.09. The predicted molar refractivity (Wildman–Crippen MR) is 97.7 cm³/mol. The fraction of sp³-hybridized carbons (Fsp3) is 0.526. The summed E-state index contributed by atoms with van der Waals surface area (Å²) in [7, 11) is 0. The second kappa shape index (κ2) is 8.53. The Balaban J connectivity index is 1.47. The molecular formula is C19H25N5O2. The topological polar surface area (TPSA) is 72.4 Å².